The number of hydrogen-bond donors (Lipinski definition) is 1. The Morgan fingerprint density at radius 3 is 2.40 bits per heavy atom. The van der Waals surface area contributed by atoms with Crippen LogP contribution >= 0.6 is 0 Å². The standard InChI is InChI=1S/C14H20O/c15-12-14(10-5-11-14)9-4-8-13-6-2-1-3-7-13/h1-3,6-7,15H,4-5,8-12H2. The summed E-state index contributed by atoms with van der Waals surface area (Å²) in [5, 5.41) is 9.33. The van der Waals surface area contributed by atoms with Gasteiger partial charge in [-0.2, -0.15) is 0 Å². The molecule has 0 heterocycles. The second kappa shape index (κ2) is 4.80. The molecule has 1 aromatic rings. The van der Waals surface area contributed by atoms with E-state index in [2.05, 4.69) is 30.3 Å². The highest BCUT2D eigenvalue weighted by Gasteiger charge is 2.35. The van der Waals surface area contributed by atoms with E-state index in [0.717, 1.165) is 6.42 Å². The first-order chi connectivity index (χ1) is 7.35. The molecule has 1 aliphatic rings. The smallest absolute Gasteiger partial charge is 0.0487 e. The molecule has 1 N–H and O–H groups in total. The van der Waals surface area contributed by atoms with Crippen LogP contribution in [0.3, 0.4) is 0 Å². The molecule has 0 radical (unpaired) electrons. The van der Waals surface area contributed by atoms with E-state index in [0.29, 0.717) is 12.0 Å². The number of benzene rings is 1. The van der Waals surface area contributed by atoms with Crippen LogP contribution in [0.25, 0.3) is 0 Å². The number of hydrogen-bond acceptors (Lipinski definition) is 1. The Kier molecular flexibility index (Phi) is 3.42. The molecule has 1 fully saturated rings. The largest absolute Gasteiger partial charge is 0.396 e. The average molecular weight is 204 g/mol. The fourth-order valence-electron chi connectivity index (χ4n) is 2.48. The Morgan fingerprint density at radius 2 is 1.87 bits per heavy atom. The summed E-state index contributed by atoms with van der Waals surface area (Å²) >= 11 is 0. The van der Waals surface area contributed by atoms with Crippen molar-refractivity contribution in [3.05, 3.63) is 35.9 Å². The van der Waals surface area contributed by atoms with E-state index in [4.69, 9.17) is 0 Å². The van der Waals surface area contributed by atoms with E-state index < -0.39 is 0 Å². The molecule has 0 bridgehead atoms. The molecule has 15 heavy (non-hydrogen) atoms. The summed E-state index contributed by atoms with van der Waals surface area (Å²) in [7, 11) is 0. The monoisotopic (exact) mass is 204 g/mol. The topological polar surface area (TPSA) is 20.2 Å². The minimum absolute atomic E-state index is 0.300. The molecule has 1 saturated carbocycles. The van der Waals surface area contributed by atoms with Gasteiger partial charge in [0.25, 0.3) is 0 Å². The first-order valence-electron chi connectivity index (χ1n) is 5.99. The lowest BCUT2D eigenvalue weighted by molar-refractivity contribution is 0.0343. The normalized spacial score (nSPS) is 18.5. The summed E-state index contributed by atoms with van der Waals surface area (Å²) in [4.78, 5) is 0. The van der Waals surface area contributed by atoms with Gasteiger partial charge in [0.15, 0.2) is 0 Å². The number of aliphatic hydroxyl groups excluding tert-OH is 1. The highest BCUT2D eigenvalue weighted by molar-refractivity contribution is 5.14. The second-order valence-corrected chi connectivity index (χ2v) is 4.85. The summed E-state index contributed by atoms with van der Waals surface area (Å²) in [6.07, 6.45) is 7.34. The van der Waals surface area contributed by atoms with Gasteiger partial charge >= 0.3 is 0 Å². The Bertz CT molecular complexity index is 282. The molecule has 2 rings (SSSR count). The molecule has 0 unspecified atom stereocenters. The number of rotatable bonds is 5. The maximum Gasteiger partial charge on any atom is 0.0487 e. The zero-order valence-electron chi connectivity index (χ0n) is 9.28. The van der Waals surface area contributed by atoms with Crippen molar-refractivity contribution in [3.63, 3.8) is 0 Å². The lowest BCUT2D eigenvalue weighted by Gasteiger charge is -2.40. The first kappa shape index (κ1) is 10.7. The van der Waals surface area contributed by atoms with Crippen LogP contribution in [-0.4, -0.2) is 11.7 Å². The van der Waals surface area contributed by atoms with E-state index >= 15 is 0 Å². The fraction of sp³-hybridized carbons (Fsp3) is 0.571. The van der Waals surface area contributed by atoms with Crippen molar-refractivity contribution in [2.45, 2.75) is 38.5 Å². The minimum Gasteiger partial charge on any atom is -0.396 e. The molecule has 0 spiro atoms. The van der Waals surface area contributed by atoms with Crippen LogP contribution < -0.4 is 0 Å². The van der Waals surface area contributed by atoms with Crippen molar-refractivity contribution in [2.24, 2.45) is 5.41 Å². The van der Waals surface area contributed by atoms with E-state index in [1.807, 2.05) is 0 Å². The number of aryl methyl sites for hydroxylation is 1. The van der Waals surface area contributed by atoms with E-state index in [9.17, 15) is 5.11 Å². The molecule has 0 saturated heterocycles. The van der Waals surface area contributed by atoms with Crippen LogP contribution in [0.1, 0.15) is 37.7 Å². The van der Waals surface area contributed by atoms with Gasteiger partial charge in [0.05, 0.1) is 0 Å². The highest BCUT2D eigenvalue weighted by atomic mass is 16.3. The quantitative estimate of drug-likeness (QED) is 0.781. The zero-order chi connectivity index (χ0) is 10.6. The molecular formula is C14H20O. The van der Waals surface area contributed by atoms with Gasteiger partial charge in [0.1, 0.15) is 0 Å². The predicted octanol–water partition coefficient (Wildman–Crippen LogP) is 3.17. The van der Waals surface area contributed by atoms with Crippen molar-refractivity contribution in [1.82, 2.24) is 0 Å². The minimum atomic E-state index is 0.300. The fourth-order valence-corrected chi connectivity index (χ4v) is 2.48. The third-order valence-corrected chi connectivity index (χ3v) is 3.77. The third kappa shape index (κ3) is 2.60. The summed E-state index contributed by atoms with van der Waals surface area (Å²) in [6, 6.07) is 10.6. The second-order valence-electron chi connectivity index (χ2n) is 4.85. The summed E-state index contributed by atoms with van der Waals surface area (Å²) in [5.74, 6) is 0. The average Bonchev–Trinajstić information content (AvgIpc) is 2.24. The molecule has 0 aliphatic heterocycles. The van der Waals surface area contributed by atoms with Crippen molar-refractivity contribution < 1.29 is 5.11 Å². The maximum atomic E-state index is 9.33. The van der Waals surface area contributed by atoms with E-state index in [-0.39, 0.29) is 0 Å². The van der Waals surface area contributed by atoms with Gasteiger partial charge in [0.2, 0.25) is 0 Å². The molecular weight excluding hydrogens is 184 g/mol. The number of aliphatic hydroxyl groups is 1. The van der Waals surface area contributed by atoms with Crippen molar-refractivity contribution in [2.75, 3.05) is 6.61 Å². The zero-order valence-corrected chi connectivity index (χ0v) is 9.28. The summed E-state index contributed by atoms with van der Waals surface area (Å²) < 4.78 is 0. The molecule has 1 nitrogen and oxygen atoms in total. The van der Waals surface area contributed by atoms with Gasteiger partial charge < -0.3 is 5.11 Å². The third-order valence-electron chi connectivity index (χ3n) is 3.77. The predicted molar refractivity (Wildman–Crippen MR) is 62.7 cm³/mol. The van der Waals surface area contributed by atoms with Crippen LogP contribution in [0, 0.1) is 5.41 Å². The summed E-state index contributed by atoms with van der Waals surface area (Å²) in [5.41, 5.74) is 1.72. The molecule has 82 valence electrons. The van der Waals surface area contributed by atoms with Gasteiger partial charge in [-0.05, 0) is 43.1 Å². The van der Waals surface area contributed by atoms with Crippen LogP contribution in [0.4, 0.5) is 0 Å². The Labute approximate surface area is 92.1 Å². The lowest BCUT2D eigenvalue weighted by atomic mass is 9.66. The van der Waals surface area contributed by atoms with Crippen molar-refractivity contribution >= 4 is 0 Å². The van der Waals surface area contributed by atoms with Gasteiger partial charge in [-0.25, -0.2) is 0 Å². The molecule has 1 heteroatoms. The van der Waals surface area contributed by atoms with Crippen molar-refractivity contribution in [3.8, 4) is 0 Å². The molecule has 0 amide bonds. The van der Waals surface area contributed by atoms with Crippen molar-refractivity contribution in [1.29, 1.82) is 0 Å². The van der Waals surface area contributed by atoms with Crippen LogP contribution in [0.5, 0.6) is 0 Å². The SMILES string of the molecule is OCC1(CCCc2ccccc2)CCC1. The molecule has 0 atom stereocenters. The highest BCUT2D eigenvalue weighted by Crippen LogP contribution is 2.44. The first-order valence-corrected chi connectivity index (χ1v) is 5.99. The molecule has 0 aromatic heterocycles. The summed E-state index contributed by atoms with van der Waals surface area (Å²) in [6.45, 7) is 0.391. The van der Waals surface area contributed by atoms with Gasteiger partial charge in [-0.1, -0.05) is 36.8 Å². The Balaban J connectivity index is 1.75. The maximum absolute atomic E-state index is 9.33. The van der Waals surface area contributed by atoms with Crippen LogP contribution in [0.2, 0.25) is 0 Å². The van der Waals surface area contributed by atoms with Gasteiger partial charge in [-0.3, -0.25) is 0 Å². The Hall–Kier alpha value is -0.820. The van der Waals surface area contributed by atoms with Crippen LogP contribution in [-0.2, 0) is 6.42 Å². The van der Waals surface area contributed by atoms with E-state index in [1.54, 1.807) is 0 Å². The van der Waals surface area contributed by atoms with Gasteiger partial charge in [0, 0.05) is 6.61 Å². The Morgan fingerprint density at radius 1 is 1.13 bits per heavy atom. The van der Waals surface area contributed by atoms with Crippen LogP contribution in [0.15, 0.2) is 30.3 Å². The molecule has 1 aliphatic carbocycles. The van der Waals surface area contributed by atoms with Gasteiger partial charge in [-0.15, -0.1) is 0 Å². The lowest BCUT2D eigenvalue weighted by Crippen LogP contribution is -2.33. The molecule has 1 aromatic carbocycles. The van der Waals surface area contributed by atoms with E-state index in [1.165, 1.54) is 37.7 Å².